The Kier molecular flexibility index (Phi) is 5.53. The lowest BCUT2D eigenvalue weighted by Crippen LogP contribution is -2.32. The van der Waals surface area contributed by atoms with Gasteiger partial charge in [0.15, 0.2) is 0 Å². The number of benzene rings is 1. The largest absolute Gasteiger partial charge is 0.344 e. The molecule has 0 aliphatic heterocycles. The van der Waals surface area contributed by atoms with Crippen molar-refractivity contribution in [2.24, 2.45) is 11.8 Å². The topological polar surface area (TPSA) is 68.0 Å². The summed E-state index contributed by atoms with van der Waals surface area (Å²) in [5.74, 6) is 1.49. The van der Waals surface area contributed by atoms with E-state index in [4.69, 9.17) is 4.52 Å². The average molecular weight is 315 g/mol. The van der Waals surface area contributed by atoms with Gasteiger partial charge in [0.05, 0.1) is 0 Å². The third kappa shape index (κ3) is 4.65. The predicted molar refractivity (Wildman–Crippen MR) is 89.6 cm³/mol. The Hall–Kier alpha value is -2.17. The summed E-state index contributed by atoms with van der Waals surface area (Å²) < 4.78 is 5.41. The third-order valence-corrected chi connectivity index (χ3v) is 3.56. The van der Waals surface area contributed by atoms with Crippen LogP contribution >= 0.6 is 0 Å². The maximum atomic E-state index is 12.1. The summed E-state index contributed by atoms with van der Waals surface area (Å²) in [5.41, 5.74) is 2.05. The van der Waals surface area contributed by atoms with Crippen LogP contribution in [0.3, 0.4) is 0 Å². The van der Waals surface area contributed by atoms with Crippen LogP contribution in [0.4, 0.5) is 0 Å². The summed E-state index contributed by atoms with van der Waals surface area (Å²) in [5, 5.41) is 7.07. The lowest BCUT2D eigenvalue weighted by molar-refractivity contribution is -0.123. The first-order valence-corrected chi connectivity index (χ1v) is 8.06. The minimum Gasteiger partial charge on any atom is -0.344 e. The number of amides is 1. The fraction of sp³-hybridized carbons (Fsp3) is 0.500. The highest BCUT2D eigenvalue weighted by atomic mass is 16.5. The smallest absolute Gasteiger partial charge is 0.249 e. The van der Waals surface area contributed by atoms with E-state index in [-0.39, 0.29) is 17.9 Å². The quantitative estimate of drug-likeness (QED) is 0.877. The number of nitrogens with one attached hydrogen (secondary N) is 1. The zero-order chi connectivity index (χ0) is 17.0. The van der Waals surface area contributed by atoms with Crippen molar-refractivity contribution < 1.29 is 9.32 Å². The van der Waals surface area contributed by atoms with Crippen LogP contribution in [0.5, 0.6) is 0 Å². The first-order chi connectivity index (χ1) is 10.9. The molecule has 23 heavy (non-hydrogen) atoms. The van der Waals surface area contributed by atoms with Gasteiger partial charge in [-0.05, 0) is 24.8 Å². The fourth-order valence-corrected chi connectivity index (χ4v) is 2.38. The lowest BCUT2D eigenvalue weighted by atomic mass is 10.0. The van der Waals surface area contributed by atoms with Crippen molar-refractivity contribution in [3.05, 3.63) is 35.7 Å². The van der Waals surface area contributed by atoms with Crippen LogP contribution in [0, 0.1) is 18.8 Å². The van der Waals surface area contributed by atoms with Gasteiger partial charge in [0.1, 0.15) is 6.04 Å². The van der Waals surface area contributed by atoms with E-state index in [9.17, 15) is 4.79 Å². The van der Waals surface area contributed by atoms with Crippen LogP contribution in [0.25, 0.3) is 11.4 Å². The first kappa shape index (κ1) is 17.2. The van der Waals surface area contributed by atoms with Crippen LogP contribution < -0.4 is 5.32 Å². The van der Waals surface area contributed by atoms with E-state index in [0.717, 1.165) is 11.1 Å². The molecule has 2 aromatic rings. The van der Waals surface area contributed by atoms with Gasteiger partial charge in [-0.15, -0.1) is 0 Å². The maximum Gasteiger partial charge on any atom is 0.249 e. The van der Waals surface area contributed by atoms with Gasteiger partial charge in [0, 0.05) is 12.0 Å². The van der Waals surface area contributed by atoms with Crippen molar-refractivity contribution in [3.63, 3.8) is 0 Å². The van der Waals surface area contributed by atoms with Crippen molar-refractivity contribution >= 4 is 5.91 Å². The molecule has 0 aliphatic carbocycles. The molecule has 5 heteroatoms. The molecule has 1 aromatic heterocycles. The molecule has 124 valence electrons. The van der Waals surface area contributed by atoms with Crippen LogP contribution in [0.1, 0.15) is 51.6 Å². The normalized spacial score (nSPS) is 12.7. The van der Waals surface area contributed by atoms with Crippen molar-refractivity contribution in [2.45, 2.75) is 47.1 Å². The Labute approximate surface area is 137 Å². The van der Waals surface area contributed by atoms with Crippen LogP contribution in [0.15, 0.2) is 28.8 Å². The van der Waals surface area contributed by atoms with Gasteiger partial charge < -0.3 is 9.84 Å². The van der Waals surface area contributed by atoms with E-state index in [1.807, 2.05) is 58.9 Å². The zero-order valence-electron chi connectivity index (χ0n) is 14.5. The summed E-state index contributed by atoms with van der Waals surface area (Å²) in [6.45, 7) is 10.1. The molecular weight excluding hydrogens is 290 g/mol. The van der Waals surface area contributed by atoms with E-state index >= 15 is 0 Å². The Morgan fingerprint density at radius 1 is 1.26 bits per heavy atom. The molecule has 1 atom stereocenters. The highest BCUT2D eigenvalue weighted by Crippen LogP contribution is 2.24. The van der Waals surface area contributed by atoms with Gasteiger partial charge in [0.25, 0.3) is 0 Å². The number of nitrogens with zero attached hydrogens (tertiary/aromatic N) is 2. The van der Waals surface area contributed by atoms with E-state index in [1.54, 1.807) is 0 Å². The first-order valence-electron chi connectivity index (χ1n) is 8.06. The number of hydrogen-bond donors (Lipinski definition) is 1. The molecule has 1 amide bonds. The molecule has 2 rings (SSSR count). The molecule has 0 saturated heterocycles. The fourth-order valence-electron chi connectivity index (χ4n) is 2.38. The number of carbonyl (C=O) groups excluding carboxylic acids is 1. The minimum absolute atomic E-state index is 0.00834. The maximum absolute atomic E-state index is 12.1. The second-order valence-corrected chi connectivity index (χ2v) is 6.71. The van der Waals surface area contributed by atoms with Crippen molar-refractivity contribution in [3.8, 4) is 11.4 Å². The monoisotopic (exact) mass is 315 g/mol. The minimum atomic E-state index is -0.271. The second-order valence-electron chi connectivity index (χ2n) is 6.71. The summed E-state index contributed by atoms with van der Waals surface area (Å²) >= 11 is 0. The van der Waals surface area contributed by atoms with E-state index in [0.29, 0.717) is 24.1 Å². The predicted octanol–water partition coefficient (Wildman–Crippen LogP) is 3.90. The Morgan fingerprint density at radius 3 is 2.61 bits per heavy atom. The molecule has 0 unspecified atom stereocenters. The lowest BCUT2D eigenvalue weighted by Gasteiger charge is -2.19. The van der Waals surface area contributed by atoms with Gasteiger partial charge in [-0.1, -0.05) is 56.6 Å². The SMILES string of the molecule is Cc1cccc(-c2noc([C@H](NC(=O)CC(C)C)C(C)C)n2)c1. The molecule has 5 nitrogen and oxygen atoms in total. The molecule has 0 saturated carbocycles. The van der Waals surface area contributed by atoms with E-state index in [1.165, 1.54) is 0 Å². The van der Waals surface area contributed by atoms with Gasteiger partial charge in [-0.25, -0.2) is 0 Å². The van der Waals surface area contributed by atoms with E-state index < -0.39 is 0 Å². The van der Waals surface area contributed by atoms with Gasteiger partial charge in [-0.3, -0.25) is 4.79 Å². The van der Waals surface area contributed by atoms with Crippen molar-refractivity contribution in [2.75, 3.05) is 0 Å². The molecule has 0 spiro atoms. The summed E-state index contributed by atoms with van der Waals surface area (Å²) in [6.07, 6.45) is 0.488. The highest BCUT2D eigenvalue weighted by molar-refractivity contribution is 5.76. The molecule has 0 fully saturated rings. The van der Waals surface area contributed by atoms with E-state index in [2.05, 4.69) is 15.5 Å². The average Bonchev–Trinajstić information content (AvgIpc) is 2.93. The van der Waals surface area contributed by atoms with Gasteiger partial charge in [-0.2, -0.15) is 4.98 Å². The molecule has 1 aromatic carbocycles. The number of aryl methyl sites for hydroxylation is 1. The Morgan fingerprint density at radius 2 is 2.00 bits per heavy atom. The summed E-state index contributed by atoms with van der Waals surface area (Å²) in [4.78, 5) is 16.5. The van der Waals surface area contributed by atoms with Gasteiger partial charge in [0.2, 0.25) is 17.6 Å². The van der Waals surface area contributed by atoms with Crippen molar-refractivity contribution in [1.82, 2.24) is 15.5 Å². The molecule has 1 N–H and O–H groups in total. The summed E-state index contributed by atoms with van der Waals surface area (Å²) in [6, 6.07) is 7.67. The molecule has 1 heterocycles. The van der Waals surface area contributed by atoms with Crippen LogP contribution in [-0.2, 0) is 4.79 Å². The number of rotatable bonds is 6. The van der Waals surface area contributed by atoms with Crippen LogP contribution in [0.2, 0.25) is 0 Å². The van der Waals surface area contributed by atoms with Crippen LogP contribution in [-0.4, -0.2) is 16.0 Å². The highest BCUT2D eigenvalue weighted by Gasteiger charge is 2.25. The Bertz CT molecular complexity index is 662. The zero-order valence-corrected chi connectivity index (χ0v) is 14.5. The standard InChI is InChI=1S/C18H25N3O2/c1-11(2)9-15(22)19-16(12(3)4)18-20-17(21-23-18)14-8-6-7-13(5)10-14/h6-8,10-12,16H,9H2,1-5H3,(H,19,22)/t16-/m1/s1. The summed E-state index contributed by atoms with van der Waals surface area (Å²) in [7, 11) is 0. The molecular formula is C18H25N3O2. The Balaban J connectivity index is 2.19. The molecule has 0 bridgehead atoms. The number of aromatic nitrogens is 2. The second kappa shape index (κ2) is 7.40. The third-order valence-electron chi connectivity index (χ3n) is 3.56. The van der Waals surface area contributed by atoms with Gasteiger partial charge >= 0.3 is 0 Å². The number of hydrogen-bond acceptors (Lipinski definition) is 4. The molecule has 0 aliphatic rings. The van der Waals surface area contributed by atoms with Crippen molar-refractivity contribution in [1.29, 1.82) is 0 Å². The molecule has 0 radical (unpaired) electrons. The number of carbonyl (C=O) groups is 1.